The van der Waals surface area contributed by atoms with E-state index >= 15 is 0 Å². The van der Waals surface area contributed by atoms with E-state index in [1.807, 2.05) is 38.2 Å². The first-order valence-corrected chi connectivity index (χ1v) is 11.2. The fourth-order valence-corrected chi connectivity index (χ4v) is 3.57. The summed E-state index contributed by atoms with van der Waals surface area (Å²) in [4.78, 5) is 23.3. The van der Waals surface area contributed by atoms with Crippen LogP contribution in [0.2, 0.25) is 0 Å². The van der Waals surface area contributed by atoms with Crippen LogP contribution in [0.25, 0.3) is 6.08 Å². The van der Waals surface area contributed by atoms with E-state index in [9.17, 15) is 13.6 Å². The number of nitrogens with one attached hydrogen (secondary N) is 1. The third-order valence-electron chi connectivity index (χ3n) is 5.33. The van der Waals surface area contributed by atoms with Crippen molar-refractivity contribution in [1.82, 2.24) is 19.9 Å². The minimum Gasteiger partial charge on any atom is -0.475 e. The molecule has 8 nitrogen and oxygen atoms in total. The summed E-state index contributed by atoms with van der Waals surface area (Å²) < 4.78 is 32.9. The molecule has 0 saturated carbocycles. The first-order chi connectivity index (χ1) is 15.9. The van der Waals surface area contributed by atoms with Crippen molar-refractivity contribution in [1.29, 1.82) is 0 Å². The van der Waals surface area contributed by atoms with Gasteiger partial charge in [0.2, 0.25) is 11.9 Å². The molecule has 0 aromatic carbocycles. The summed E-state index contributed by atoms with van der Waals surface area (Å²) in [7, 11) is 1.63. The summed E-state index contributed by atoms with van der Waals surface area (Å²) >= 11 is 0. The topological polar surface area (TPSA) is 84.1 Å². The van der Waals surface area contributed by atoms with Crippen LogP contribution in [0.4, 0.5) is 13.6 Å². The summed E-state index contributed by atoms with van der Waals surface area (Å²) in [6.45, 7) is 8.28. The maximum atomic E-state index is 12.9. The number of ether oxygens (including phenoxy) is 1. The molecular weight excluding hydrogens is 430 g/mol. The molecule has 1 N–H and O–H groups in total. The molecule has 0 saturated heterocycles. The van der Waals surface area contributed by atoms with Crippen LogP contribution in [0.3, 0.4) is 0 Å². The Bertz CT molecular complexity index is 913. The molecule has 2 atom stereocenters. The number of hydrogen-bond donors (Lipinski definition) is 1. The Morgan fingerprint density at radius 2 is 2.12 bits per heavy atom. The molecular formula is C23H34F2N6O2. The number of amides is 2. The van der Waals surface area contributed by atoms with E-state index < -0.39 is 6.43 Å². The second-order valence-electron chi connectivity index (χ2n) is 7.74. The van der Waals surface area contributed by atoms with Crippen LogP contribution in [0.1, 0.15) is 51.6 Å². The van der Waals surface area contributed by atoms with Crippen LogP contribution in [0, 0.1) is 0 Å². The van der Waals surface area contributed by atoms with Crippen LogP contribution >= 0.6 is 0 Å². The maximum absolute atomic E-state index is 12.9. The number of fused-ring (bicyclic) bond motifs is 2. The largest absolute Gasteiger partial charge is 0.475 e. The normalized spacial score (nSPS) is 22.9. The number of halogens is 2. The third-order valence-corrected chi connectivity index (χ3v) is 5.33. The highest BCUT2D eigenvalue weighted by Gasteiger charge is 2.21. The number of aromatic nitrogens is 2. The molecule has 2 amide bonds. The zero-order valence-electron chi connectivity index (χ0n) is 19.6. The van der Waals surface area contributed by atoms with Crippen molar-refractivity contribution < 1.29 is 18.3 Å². The highest BCUT2D eigenvalue weighted by Crippen LogP contribution is 2.13. The highest BCUT2D eigenvalue weighted by molar-refractivity contribution is 5.74. The number of carbonyl (C=O) groups excluding carboxylic acids is 1. The van der Waals surface area contributed by atoms with Gasteiger partial charge >= 0.3 is 6.03 Å². The molecule has 182 valence electrons. The van der Waals surface area contributed by atoms with Crippen LogP contribution in [0.5, 0.6) is 5.88 Å². The third kappa shape index (κ3) is 8.11. The zero-order valence-corrected chi connectivity index (χ0v) is 19.6. The number of alkyl halides is 2. The molecule has 0 radical (unpaired) electrons. The van der Waals surface area contributed by atoms with Gasteiger partial charge in [0.1, 0.15) is 0 Å². The van der Waals surface area contributed by atoms with E-state index in [1.54, 1.807) is 18.1 Å². The van der Waals surface area contributed by atoms with Crippen molar-refractivity contribution in [2.75, 3.05) is 20.2 Å². The molecule has 1 aromatic rings. The van der Waals surface area contributed by atoms with E-state index in [0.29, 0.717) is 49.5 Å². The summed E-state index contributed by atoms with van der Waals surface area (Å²) in [5.41, 5.74) is 1.08. The second-order valence-corrected chi connectivity index (χ2v) is 7.74. The lowest BCUT2D eigenvalue weighted by atomic mass is 10.1. The van der Waals surface area contributed by atoms with Crippen molar-refractivity contribution in [3.63, 3.8) is 0 Å². The van der Waals surface area contributed by atoms with E-state index in [2.05, 4.69) is 27.1 Å². The van der Waals surface area contributed by atoms with Crippen LogP contribution in [0.15, 0.2) is 34.5 Å². The fraction of sp³-hybridized carbons (Fsp3) is 0.565. The monoisotopic (exact) mass is 464 g/mol. The molecule has 0 spiro atoms. The van der Waals surface area contributed by atoms with Gasteiger partial charge in [-0.2, -0.15) is 5.10 Å². The van der Waals surface area contributed by atoms with E-state index in [-0.39, 0.29) is 31.0 Å². The van der Waals surface area contributed by atoms with Gasteiger partial charge in [-0.1, -0.05) is 18.2 Å². The van der Waals surface area contributed by atoms with Gasteiger partial charge in [0.15, 0.2) is 0 Å². The second kappa shape index (κ2) is 13.5. The van der Waals surface area contributed by atoms with E-state index in [4.69, 9.17) is 4.74 Å². The number of hydrogen-bond acceptors (Lipinski definition) is 5. The van der Waals surface area contributed by atoms with Crippen LogP contribution in [-0.4, -0.2) is 66.0 Å². The van der Waals surface area contributed by atoms with Gasteiger partial charge in [-0.25, -0.2) is 23.2 Å². The van der Waals surface area contributed by atoms with Gasteiger partial charge in [-0.3, -0.25) is 4.99 Å². The van der Waals surface area contributed by atoms with Gasteiger partial charge < -0.3 is 15.0 Å². The molecule has 1 aliphatic heterocycles. The smallest absolute Gasteiger partial charge is 0.317 e. The Kier molecular flexibility index (Phi) is 10.7. The molecule has 1 aromatic heterocycles. The lowest BCUT2D eigenvalue weighted by molar-refractivity contribution is 0.128. The summed E-state index contributed by atoms with van der Waals surface area (Å²) in [6, 6.07) is -0.712. The minimum atomic E-state index is -2.40. The molecule has 2 heterocycles. The van der Waals surface area contributed by atoms with Gasteiger partial charge in [-0.05, 0) is 45.6 Å². The van der Waals surface area contributed by atoms with E-state index in [0.717, 1.165) is 0 Å². The summed E-state index contributed by atoms with van der Waals surface area (Å²) in [5, 5.41) is 6.90. The maximum Gasteiger partial charge on any atom is 0.317 e. The van der Waals surface area contributed by atoms with Gasteiger partial charge in [0.05, 0.1) is 18.5 Å². The molecule has 10 heteroatoms. The Labute approximate surface area is 193 Å². The van der Waals surface area contributed by atoms with Crippen molar-refractivity contribution >= 4 is 18.8 Å². The van der Waals surface area contributed by atoms with Crippen molar-refractivity contribution in [3.05, 3.63) is 35.6 Å². The standard InChI is InChI=1S/C23H34F2N6O2/c1-5-30-17(2)10-9-12-19-16-31(27-4)21(26-3)22(28-19)33-15-8-6-7-11-18(29-23(30)32)13-14-20(24)25/h6-7,9,12,16-18,20H,4-5,8,10-11,13-15H2,1-3H3,(H,29,32)/b7-6+,12-9+,26-21?. The fourth-order valence-electron chi connectivity index (χ4n) is 3.57. The molecule has 2 bridgehead atoms. The average molecular weight is 465 g/mol. The number of rotatable bonds is 5. The lowest BCUT2D eigenvalue weighted by Gasteiger charge is -2.30. The molecule has 2 rings (SSSR count). The molecule has 0 fully saturated rings. The predicted octanol–water partition coefficient (Wildman–Crippen LogP) is 3.84. The molecule has 33 heavy (non-hydrogen) atoms. The number of urea groups is 1. The lowest BCUT2D eigenvalue weighted by Crippen LogP contribution is -2.48. The Hall–Kier alpha value is -3.04. The molecule has 1 aliphatic rings. The number of carbonyl (C=O) groups is 1. The molecule has 0 aliphatic carbocycles. The highest BCUT2D eigenvalue weighted by atomic mass is 19.3. The van der Waals surface area contributed by atoms with Gasteiger partial charge in [0.25, 0.3) is 5.88 Å². The first kappa shape index (κ1) is 26.2. The first-order valence-electron chi connectivity index (χ1n) is 11.2. The van der Waals surface area contributed by atoms with Crippen LogP contribution < -0.4 is 15.5 Å². The SMILES string of the molecule is C=Nn1cc2nc(c1=NC)OCC/C=C/CC(CCC(F)F)NC(=O)N(CC)C(C)C/C=C/2. The van der Waals surface area contributed by atoms with Gasteiger partial charge in [0, 0.05) is 38.8 Å². The Morgan fingerprint density at radius 1 is 1.33 bits per heavy atom. The summed E-state index contributed by atoms with van der Waals surface area (Å²) in [5.74, 6) is 0.347. The van der Waals surface area contributed by atoms with E-state index in [1.165, 1.54) is 4.68 Å². The minimum absolute atomic E-state index is 0.0986. The summed E-state index contributed by atoms with van der Waals surface area (Å²) in [6.07, 6.45) is 8.45. The molecule has 2 unspecified atom stereocenters. The van der Waals surface area contributed by atoms with Crippen molar-refractivity contribution in [2.45, 2.75) is 64.5 Å². The average Bonchev–Trinajstić information content (AvgIpc) is 2.78. The van der Waals surface area contributed by atoms with Crippen molar-refractivity contribution in [3.8, 4) is 5.88 Å². The Morgan fingerprint density at radius 3 is 2.79 bits per heavy atom. The zero-order chi connectivity index (χ0) is 24.2. The number of nitrogens with zero attached hydrogens (tertiary/aromatic N) is 5. The Balaban J connectivity index is 2.32. The van der Waals surface area contributed by atoms with Crippen LogP contribution in [-0.2, 0) is 0 Å². The predicted molar refractivity (Wildman–Crippen MR) is 126 cm³/mol. The van der Waals surface area contributed by atoms with Gasteiger partial charge in [-0.15, -0.1) is 0 Å². The van der Waals surface area contributed by atoms with Crippen molar-refractivity contribution in [2.24, 2.45) is 10.1 Å². The quantitative estimate of drug-likeness (QED) is 0.531.